The molecule has 0 spiro atoms. The van der Waals surface area contributed by atoms with Gasteiger partial charge in [-0.15, -0.1) is 0 Å². The Morgan fingerprint density at radius 1 is 1.29 bits per heavy atom. The van der Waals surface area contributed by atoms with E-state index >= 15 is 0 Å². The lowest BCUT2D eigenvalue weighted by Gasteiger charge is -2.29. The second-order valence-corrected chi connectivity index (χ2v) is 8.05. The molecule has 1 N–H and O–H groups in total. The van der Waals surface area contributed by atoms with Crippen LogP contribution in [0.15, 0.2) is 35.4 Å². The zero-order chi connectivity index (χ0) is 20.3. The van der Waals surface area contributed by atoms with E-state index in [-0.39, 0.29) is 24.5 Å². The number of aromatic nitrogens is 1. The van der Waals surface area contributed by atoms with Crippen LogP contribution in [-0.4, -0.2) is 35.2 Å². The molecule has 2 aromatic rings. The Morgan fingerprint density at radius 3 is 2.68 bits per heavy atom. The lowest BCUT2D eigenvalue weighted by atomic mass is 10.2. The smallest absolute Gasteiger partial charge is 0.240 e. The normalized spacial score (nSPS) is 13.5. The van der Waals surface area contributed by atoms with Crippen LogP contribution in [0.25, 0.3) is 0 Å². The average Bonchev–Trinajstić information content (AvgIpc) is 2.63. The fraction of sp³-hybridized carbons (Fsp3) is 0.381. The predicted octanol–water partition coefficient (Wildman–Crippen LogP) is 3.24. The minimum atomic E-state index is -0.200. The molecule has 0 unspecified atom stereocenters. The highest BCUT2D eigenvalue weighted by atomic mass is 32.2. The maximum absolute atomic E-state index is 12.5. The van der Waals surface area contributed by atoms with Gasteiger partial charge in [-0.05, 0) is 57.0 Å². The molecule has 0 aliphatic carbocycles. The van der Waals surface area contributed by atoms with Gasteiger partial charge in [0.2, 0.25) is 11.8 Å². The largest absolute Gasteiger partial charge is 0.491 e. The summed E-state index contributed by atoms with van der Waals surface area (Å²) in [5.74, 6) is 0.828. The minimum Gasteiger partial charge on any atom is -0.491 e. The van der Waals surface area contributed by atoms with E-state index in [0.29, 0.717) is 12.3 Å². The quantitative estimate of drug-likeness (QED) is 0.807. The first-order valence-corrected chi connectivity index (χ1v) is 10.3. The van der Waals surface area contributed by atoms with Gasteiger partial charge >= 0.3 is 0 Å². The van der Waals surface area contributed by atoms with Crippen molar-refractivity contribution in [2.24, 2.45) is 0 Å². The van der Waals surface area contributed by atoms with Gasteiger partial charge in [0.25, 0.3) is 0 Å². The number of fused-ring (bicyclic) bond motifs is 1. The standard InChI is InChI=1S/C21H25N3O3S/c1-13(2)27-17-7-5-16(6-8-17)10-22-18(25)11-24-19(26)12-28-21-20(24)14(3)9-15(4)23-21/h5-9,13H,10-12H2,1-4H3,(H,22,25). The monoisotopic (exact) mass is 399 g/mol. The Balaban J connectivity index is 1.63. The Labute approximate surface area is 169 Å². The molecule has 2 amide bonds. The van der Waals surface area contributed by atoms with Gasteiger partial charge in [-0.25, -0.2) is 4.98 Å². The molecule has 1 aromatic carbocycles. The fourth-order valence-electron chi connectivity index (χ4n) is 3.08. The van der Waals surface area contributed by atoms with E-state index in [0.717, 1.165) is 33.3 Å². The van der Waals surface area contributed by atoms with E-state index in [1.165, 1.54) is 11.8 Å². The molecule has 6 nitrogen and oxygen atoms in total. The van der Waals surface area contributed by atoms with Crippen LogP contribution in [0.2, 0.25) is 0 Å². The van der Waals surface area contributed by atoms with Gasteiger partial charge in [-0.1, -0.05) is 23.9 Å². The van der Waals surface area contributed by atoms with Gasteiger partial charge in [0.15, 0.2) is 0 Å². The number of nitrogens with one attached hydrogen (secondary N) is 1. The van der Waals surface area contributed by atoms with Crippen LogP contribution < -0.4 is 15.0 Å². The molecule has 1 aromatic heterocycles. The van der Waals surface area contributed by atoms with Crippen LogP contribution in [0.3, 0.4) is 0 Å². The average molecular weight is 400 g/mol. The number of benzene rings is 1. The highest BCUT2D eigenvalue weighted by Crippen LogP contribution is 2.36. The summed E-state index contributed by atoms with van der Waals surface area (Å²) in [6, 6.07) is 9.56. The Bertz CT molecular complexity index is 881. The van der Waals surface area contributed by atoms with Crippen LogP contribution >= 0.6 is 11.8 Å². The Morgan fingerprint density at radius 2 is 2.00 bits per heavy atom. The Hall–Kier alpha value is -2.54. The van der Waals surface area contributed by atoms with E-state index in [4.69, 9.17) is 4.74 Å². The first-order valence-electron chi connectivity index (χ1n) is 9.27. The summed E-state index contributed by atoms with van der Waals surface area (Å²) in [5, 5.41) is 3.70. The van der Waals surface area contributed by atoms with Crippen molar-refractivity contribution in [3.8, 4) is 5.75 Å². The summed E-state index contributed by atoms with van der Waals surface area (Å²) >= 11 is 1.43. The van der Waals surface area contributed by atoms with Gasteiger partial charge in [-0.2, -0.15) is 0 Å². The van der Waals surface area contributed by atoms with Crippen molar-refractivity contribution in [2.75, 3.05) is 17.2 Å². The van der Waals surface area contributed by atoms with Gasteiger partial charge in [0.1, 0.15) is 17.3 Å². The fourth-order valence-corrected chi connectivity index (χ4v) is 4.12. The summed E-state index contributed by atoms with van der Waals surface area (Å²) in [4.78, 5) is 30.9. The molecule has 0 atom stereocenters. The highest BCUT2D eigenvalue weighted by molar-refractivity contribution is 8.00. The number of carbonyl (C=O) groups excluding carboxylic acids is 2. The van der Waals surface area contributed by atoms with Crippen LogP contribution in [0.4, 0.5) is 5.69 Å². The molecule has 0 saturated heterocycles. The highest BCUT2D eigenvalue weighted by Gasteiger charge is 2.29. The van der Waals surface area contributed by atoms with Gasteiger partial charge < -0.3 is 10.1 Å². The molecular formula is C21H25N3O3S. The molecule has 1 aliphatic heterocycles. The zero-order valence-electron chi connectivity index (χ0n) is 16.6. The first-order chi connectivity index (χ1) is 13.3. The number of carbonyl (C=O) groups is 2. The van der Waals surface area contributed by atoms with Gasteiger partial charge in [-0.3, -0.25) is 14.5 Å². The van der Waals surface area contributed by atoms with Crippen LogP contribution in [0.1, 0.15) is 30.7 Å². The molecule has 3 rings (SSSR count). The summed E-state index contributed by atoms with van der Waals surface area (Å²) in [7, 11) is 0. The number of aryl methyl sites for hydroxylation is 2. The number of hydrogen-bond acceptors (Lipinski definition) is 5. The number of hydrogen-bond donors (Lipinski definition) is 1. The summed E-state index contributed by atoms with van der Waals surface area (Å²) in [6.07, 6.45) is 0.121. The van der Waals surface area contributed by atoms with Crippen molar-refractivity contribution < 1.29 is 14.3 Å². The van der Waals surface area contributed by atoms with E-state index in [2.05, 4.69) is 10.3 Å². The van der Waals surface area contributed by atoms with Crippen LogP contribution in [-0.2, 0) is 16.1 Å². The van der Waals surface area contributed by atoms with E-state index in [1.54, 1.807) is 4.90 Å². The van der Waals surface area contributed by atoms with Crippen molar-refractivity contribution in [3.63, 3.8) is 0 Å². The zero-order valence-corrected chi connectivity index (χ0v) is 17.4. The SMILES string of the molecule is Cc1cc(C)c2c(n1)SCC(=O)N2CC(=O)NCc1ccc(OC(C)C)cc1. The number of amides is 2. The van der Waals surface area contributed by atoms with Crippen molar-refractivity contribution in [3.05, 3.63) is 47.2 Å². The number of pyridine rings is 1. The maximum Gasteiger partial charge on any atom is 0.240 e. The maximum atomic E-state index is 12.5. The molecule has 0 saturated carbocycles. The number of thioether (sulfide) groups is 1. The summed E-state index contributed by atoms with van der Waals surface area (Å²) < 4.78 is 5.62. The molecule has 1 aliphatic rings. The second kappa shape index (κ2) is 8.65. The summed E-state index contributed by atoms with van der Waals surface area (Å²) in [5.41, 5.74) is 3.58. The second-order valence-electron chi connectivity index (χ2n) is 7.09. The minimum absolute atomic E-state index is 0.00742. The number of rotatable bonds is 6. The van der Waals surface area contributed by atoms with Crippen molar-refractivity contribution in [2.45, 2.75) is 45.4 Å². The lowest BCUT2D eigenvalue weighted by molar-refractivity contribution is -0.123. The van der Waals surface area contributed by atoms with E-state index < -0.39 is 0 Å². The first kappa shape index (κ1) is 20.2. The molecule has 0 radical (unpaired) electrons. The van der Waals surface area contributed by atoms with Crippen molar-refractivity contribution in [1.29, 1.82) is 0 Å². The summed E-state index contributed by atoms with van der Waals surface area (Å²) in [6.45, 7) is 8.22. The molecule has 0 fully saturated rings. The lowest BCUT2D eigenvalue weighted by Crippen LogP contribution is -2.43. The third-order valence-electron chi connectivity index (χ3n) is 4.27. The molecule has 2 heterocycles. The van der Waals surface area contributed by atoms with E-state index in [1.807, 2.05) is 58.0 Å². The van der Waals surface area contributed by atoms with Crippen LogP contribution in [0, 0.1) is 13.8 Å². The Kier molecular flexibility index (Phi) is 6.24. The predicted molar refractivity (Wildman–Crippen MR) is 111 cm³/mol. The number of anilines is 1. The third-order valence-corrected chi connectivity index (χ3v) is 5.22. The number of ether oxygens (including phenoxy) is 1. The van der Waals surface area contributed by atoms with Crippen LogP contribution in [0.5, 0.6) is 5.75 Å². The van der Waals surface area contributed by atoms with Gasteiger partial charge in [0.05, 0.1) is 17.5 Å². The molecule has 148 valence electrons. The third kappa shape index (κ3) is 4.84. The van der Waals surface area contributed by atoms with Crippen molar-refractivity contribution >= 4 is 29.3 Å². The molecule has 0 bridgehead atoms. The van der Waals surface area contributed by atoms with Gasteiger partial charge in [0, 0.05) is 12.2 Å². The van der Waals surface area contributed by atoms with E-state index in [9.17, 15) is 9.59 Å². The molecule has 28 heavy (non-hydrogen) atoms. The topological polar surface area (TPSA) is 71.5 Å². The number of nitrogens with zero attached hydrogens (tertiary/aromatic N) is 2. The van der Waals surface area contributed by atoms with Crippen molar-refractivity contribution in [1.82, 2.24) is 10.3 Å². The molecular weight excluding hydrogens is 374 g/mol. The molecule has 7 heteroatoms.